The molecule has 5 nitrogen and oxygen atoms in total. The van der Waals surface area contributed by atoms with E-state index in [2.05, 4.69) is 32.0 Å². The molecular weight excluding hydrogens is 476 g/mol. The normalized spacial score (nSPS) is 14.8. The lowest BCUT2D eigenvalue weighted by Crippen LogP contribution is -2.48. The summed E-state index contributed by atoms with van der Waals surface area (Å²) in [7, 11) is 0. The highest BCUT2D eigenvalue weighted by Crippen LogP contribution is 2.21. The van der Waals surface area contributed by atoms with E-state index in [1.165, 1.54) is 5.56 Å². The van der Waals surface area contributed by atoms with Gasteiger partial charge in [0.1, 0.15) is 0 Å². The van der Waals surface area contributed by atoms with Crippen LogP contribution in [0.15, 0.2) is 53.0 Å². The number of amides is 1. The van der Waals surface area contributed by atoms with Crippen molar-refractivity contribution in [1.82, 2.24) is 19.6 Å². The van der Waals surface area contributed by atoms with Crippen LogP contribution < -0.4 is 0 Å². The van der Waals surface area contributed by atoms with Crippen molar-refractivity contribution in [3.8, 4) is 0 Å². The number of halogens is 2. The maximum absolute atomic E-state index is 12.9. The second-order valence-corrected chi connectivity index (χ2v) is 9.27. The van der Waals surface area contributed by atoms with E-state index in [4.69, 9.17) is 11.6 Å². The predicted molar refractivity (Wildman–Crippen MR) is 128 cm³/mol. The molecule has 1 aliphatic heterocycles. The lowest BCUT2D eigenvalue weighted by molar-refractivity contribution is 0.0628. The quantitative estimate of drug-likeness (QED) is 0.498. The minimum absolute atomic E-state index is 0.0998. The molecule has 2 heterocycles. The van der Waals surface area contributed by atoms with Gasteiger partial charge in [-0.25, -0.2) is 0 Å². The molecule has 4 rings (SSSR count). The summed E-state index contributed by atoms with van der Waals surface area (Å²) in [6.45, 7) is 8.79. The number of carbonyl (C=O) groups excluding carboxylic acids is 1. The molecule has 0 atom stereocenters. The first-order valence-electron chi connectivity index (χ1n) is 10.5. The van der Waals surface area contributed by atoms with E-state index >= 15 is 0 Å². The number of nitrogens with zero attached hydrogens (tertiary/aromatic N) is 4. The van der Waals surface area contributed by atoms with Gasteiger partial charge in [-0.15, -0.1) is 0 Å². The number of piperazine rings is 1. The summed E-state index contributed by atoms with van der Waals surface area (Å²) in [6.07, 6.45) is 0. The Balaban J connectivity index is 1.33. The average Bonchev–Trinajstić information content (AvgIpc) is 3.01. The lowest BCUT2D eigenvalue weighted by atomic mass is 10.1. The summed E-state index contributed by atoms with van der Waals surface area (Å²) in [5.41, 5.74) is 5.16. The third kappa shape index (κ3) is 5.20. The third-order valence-electron chi connectivity index (χ3n) is 5.78. The smallest absolute Gasteiger partial charge is 0.253 e. The van der Waals surface area contributed by atoms with E-state index < -0.39 is 0 Å². The molecular formula is C24H26BrClN4O. The topological polar surface area (TPSA) is 41.4 Å². The van der Waals surface area contributed by atoms with Crippen molar-refractivity contribution in [3.63, 3.8) is 0 Å². The van der Waals surface area contributed by atoms with Gasteiger partial charge in [0.2, 0.25) is 0 Å². The number of benzene rings is 2. The summed E-state index contributed by atoms with van der Waals surface area (Å²) < 4.78 is 3.03. The van der Waals surface area contributed by atoms with Crippen LogP contribution in [0.2, 0.25) is 5.02 Å². The molecule has 0 radical (unpaired) electrons. The molecule has 0 bridgehead atoms. The van der Waals surface area contributed by atoms with Crippen LogP contribution in [0.1, 0.15) is 32.9 Å². The zero-order valence-electron chi connectivity index (χ0n) is 17.8. The van der Waals surface area contributed by atoms with Crippen molar-refractivity contribution in [2.75, 3.05) is 26.2 Å². The average molecular weight is 502 g/mol. The Bertz CT molecular complexity index is 1070. The van der Waals surface area contributed by atoms with Crippen molar-refractivity contribution in [1.29, 1.82) is 0 Å². The number of carbonyl (C=O) groups is 1. The molecule has 0 saturated carbocycles. The highest BCUT2D eigenvalue weighted by Gasteiger charge is 2.22. The first-order valence-corrected chi connectivity index (χ1v) is 11.6. The Kier molecular flexibility index (Phi) is 6.80. The van der Waals surface area contributed by atoms with Crippen LogP contribution in [0, 0.1) is 13.8 Å². The molecule has 1 fully saturated rings. The van der Waals surface area contributed by atoms with Gasteiger partial charge in [0, 0.05) is 43.3 Å². The van der Waals surface area contributed by atoms with Crippen molar-refractivity contribution in [2.45, 2.75) is 26.9 Å². The van der Waals surface area contributed by atoms with Crippen molar-refractivity contribution >= 4 is 33.4 Å². The Morgan fingerprint density at radius 2 is 1.71 bits per heavy atom. The molecule has 0 N–H and O–H groups in total. The molecule has 0 aliphatic carbocycles. The first-order chi connectivity index (χ1) is 14.9. The van der Waals surface area contributed by atoms with Crippen LogP contribution in [0.3, 0.4) is 0 Å². The highest BCUT2D eigenvalue weighted by atomic mass is 79.9. The Morgan fingerprint density at radius 1 is 1.00 bits per heavy atom. The molecule has 3 aromatic rings. The molecule has 1 aromatic heterocycles. The van der Waals surface area contributed by atoms with Crippen LogP contribution >= 0.6 is 27.5 Å². The summed E-state index contributed by atoms with van der Waals surface area (Å²) in [6, 6.07) is 15.9. The monoisotopic (exact) mass is 500 g/mol. The molecule has 2 aromatic carbocycles. The fourth-order valence-electron chi connectivity index (χ4n) is 3.94. The number of aromatic nitrogens is 2. The van der Waals surface area contributed by atoms with Gasteiger partial charge in [-0.3, -0.25) is 14.4 Å². The Hall–Kier alpha value is -2.15. The summed E-state index contributed by atoms with van der Waals surface area (Å²) >= 11 is 9.66. The number of hydrogen-bond acceptors (Lipinski definition) is 3. The lowest BCUT2D eigenvalue weighted by Gasteiger charge is -2.34. The van der Waals surface area contributed by atoms with E-state index in [1.807, 2.05) is 65.9 Å². The van der Waals surface area contributed by atoms with Crippen molar-refractivity contribution < 1.29 is 4.79 Å². The second kappa shape index (κ2) is 9.55. The Morgan fingerprint density at radius 3 is 2.32 bits per heavy atom. The van der Waals surface area contributed by atoms with Gasteiger partial charge < -0.3 is 4.90 Å². The van der Waals surface area contributed by atoms with Gasteiger partial charge in [-0.05, 0) is 65.2 Å². The van der Waals surface area contributed by atoms with Gasteiger partial charge in [0.05, 0.1) is 22.4 Å². The molecule has 1 amide bonds. The van der Waals surface area contributed by atoms with Gasteiger partial charge in [0.15, 0.2) is 0 Å². The van der Waals surface area contributed by atoms with Crippen LogP contribution in [0.4, 0.5) is 0 Å². The van der Waals surface area contributed by atoms with Crippen molar-refractivity contribution in [2.24, 2.45) is 0 Å². The maximum Gasteiger partial charge on any atom is 0.253 e. The molecule has 7 heteroatoms. The number of rotatable bonds is 5. The Labute approximate surface area is 196 Å². The van der Waals surface area contributed by atoms with E-state index in [0.717, 1.165) is 64.7 Å². The number of hydrogen-bond donors (Lipinski definition) is 0. The minimum Gasteiger partial charge on any atom is -0.336 e. The fourth-order valence-corrected chi connectivity index (χ4v) is 4.44. The molecule has 1 saturated heterocycles. The minimum atomic E-state index is 0.0998. The fraction of sp³-hybridized carbons (Fsp3) is 0.333. The maximum atomic E-state index is 12.9. The molecule has 1 aliphatic rings. The van der Waals surface area contributed by atoms with E-state index in [0.29, 0.717) is 6.54 Å². The first kappa shape index (κ1) is 22.1. The van der Waals surface area contributed by atoms with Crippen molar-refractivity contribution in [3.05, 3.63) is 86.1 Å². The van der Waals surface area contributed by atoms with E-state index in [-0.39, 0.29) is 5.91 Å². The molecule has 0 unspecified atom stereocenters. The van der Waals surface area contributed by atoms with Gasteiger partial charge in [-0.1, -0.05) is 35.9 Å². The predicted octanol–water partition coefficient (Wildman–Crippen LogP) is 4.92. The van der Waals surface area contributed by atoms with Crippen LogP contribution in [-0.4, -0.2) is 51.7 Å². The highest BCUT2D eigenvalue weighted by molar-refractivity contribution is 9.10. The number of aryl methyl sites for hydroxylation is 1. The van der Waals surface area contributed by atoms with E-state index in [1.54, 1.807) is 0 Å². The van der Waals surface area contributed by atoms with E-state index in [9.17, 15) is 4.79 Å². The standard InChI is InChI=1S/C24H26BrClN4O/c1-17-23(25)18(2)30(27-17)16-19-6-8-21(9-7-19)24(31)29-12-10-28(11-13-29)15-20-4-3-5-22(26)14-20/h3-9,14H,10-13,15-16H2,1-2H3. The SMILES string of the molecule is Cc1nn(Cc2ccc(C(=O)N3CCN(Cc4cccc(Cl)c4)CC3)cc2)c(C)c1Br. The van der Waals surface area contributed by atoms with Crippen LogP contribution in [-0.2, 0) is 13.1 Å². The zero-order valence-corrected chi connectivity index (χ0v) is 20.2. The molecule has 31 heavy (non-hydrogen) atoms. The van der Waals surface area contributed by atoms with Gasteiger partial charge in [-0.2, -0.15) is 5.10 Å². The van der Waals surface area contributed by atoms with Gasteiger partial charge in [0.25, 0.3) is 5.91 Å². The molecule has 162 valence electrons. The summed E-state index contributed by atoms with van der Waals surface area (Å²) in [4.78, 5) is 17.3. The summed E-state index contributed by atoms with van der Waals surface area (Å²) in [5.74, 6) is 0.0998. The van der Waals surface area contributed by atoms with Crippen LogP contribution in [0.5, 0.6) is 0 Å². The second-order valence-electron chi connectivity index (χ2n) is 8.04. The molecule has 0 spiro atoms. The largest absolute Gasteiger partial charge is 0.336 e. The summed E-state index contributed by atoms with van der Waals surface area (Å²) in [5, 5.41) is 5.32. The zero-order chi connectivity index (χ0) is 22.0. The third-order valence-corrected chi connectivity index (χ3v) is 7.16. The van der Waals surface area contributed by atoms with Crippen LogP contribution in [0.25, 0.3) is 0 Å². The van der Waals surface area contributed by atoms with Gasteiger partial charge >= 0.3 is 0 Å².